The van der Waals surface area contributed by atoms with Gasteiger partial charge in [0.15, 0.2) is 13.2 Å². The highest BCUT2D eigenvalue weighted by Crippen LogP contribution is 2.14. The van der Waals surface area contributed by atoms with Crippen molar-refractivity contribution >= 4 is 72.5 Å². The largest absolute Gasteiger partial charge is 0.466 e. The van der Waals surface area contributed by atoms with E-state index in [9.17, 15) is 19.2 Å². The molecule has 1 rings (SSSR count). The molecule has 14 heteroatoms. The van der Waals surface area contributed by atoms with Gasteiger partial charge in [0.1, 0.15) is 0 Å². The van der Waals surface area contributed by atoms with Gasteiger partial charge in [-0.25, -0.2) is 19.2 Å². The third-order valence-electron chi connectivity index (χ3n) is 2.89. The van der Waals surface area contributed by atoms with Gasteiger partial charge in [0.25, 0.3) is 0 Å². The van der Waals surface area contributed by atoms with E-state index in [0.29, 0.717) is 5.71 Å². The van der Waals surface area contributed by atoms with Crippen molar-refractivity contribution in [3.8, 4) is 0 Å². The lowest BCUT2D eigenvalue weighted by atomic mass is 9.98. The van der Waals surface area contributed by atoms with Gasteiger partial charge in [-0.15, -0.1) is 0 Å². The smallest absolute Gasteiger partial charge is 0.347 e. The number of halogens is 2. The third-order valence-corrected chi connectivity index (χ3v) is 2.89. The molecule has 0 heterocycles. The van der Waals surface area contributed by atoms with Crippen LogP contribution < -0.4 is 0 Å². The molecular weight excluding hydrogens is 646 g/mol. The number of ether oxygens (including phenoxy) is 4. The maximum atomic E-state index is 10.9. The second-order valence-corrected chi connectivity index (χ2v) is 5.57. The van der Waals surface area contributed by atoms with Gasteiger partial charge in [-0.3, -0.25) is 0 Å². The van der Waals surface area contributed by atoms with Crippen LogP contribution >= 0.6 is 37.2 Å². The van der Waals surface area contributed by atoms with Crippen molar-refractivity contribution in [3.63, 3.8) is 0 Å². The number of carbonyl (C=O) groups excluding carboxylic acids is 4. The molecule has 0 aromatic heterocycles. The van der Waals surface area contributed by atoms with Gasteiger partial charge < -0.3 is 28.6 Å². The molecular formula is C17H26I2N2O10. The fourth-order valence-electron chi connectivity index (χ4n) is 1.30. The molecule has 0 aromatic carbocycles. The Morgan fingerprint density at radius 3 is 1.58 bits per heavy atom. The summed E-state index contributed by atoms with van der Waals surface area (Å²) in [6.45, 7) is 2.05. The van der Waals surface area contributed by atoms with Crippen LogP contribution in [0.1, 0.15) is 33.1 Å². The van der Waals surface area contributed by atoms with Crippen molar-refractivity contribution in [2.24, 2.45) is 10.3 Å². The summed E-state index contributed by atoms with van der Waals surface area (Å²) in [6, 6.07) is 0. The molecule has 0 saturated heterocycles. The summed E-state index contributed by atoms with van der Waals surface area (Å²) in [6.07, 6.45) is 2.98. The summed E-state index contributed by atoms with van der Waals surface area (Å²) in [5.41, 5.74) is 1.64. The highest BCUT2D eigenvalue weighted by Gasteiger charge is 2.12. The Morgan fingerprint density at radius 2 is 1.23 bits per heavy atom. The Morgan fingerprint density at radius 1 is 0.774 bits per heavy atom. The number of oxime groups is 2. The number of hydrogen-bond acceptors (Lipinski definition) is 12. The van der Waals surface area contributed by atoms with Crippen molar-refractivity contribution in [1.82, 2.24) is 0 Å². The van der Waals surface area contributed by atoms with Gasteiger partial charge in [0.05, 0.1) is 25.6 Å². The lowest BCUT2D eigenvalue weighted by molar-refractivity contribution is -0.159. The SMILES string of the molecule is COC(=O)COC(=O)CON=C(C)C.COC(=O)COC(=O)CON=C1CCC1.II. The van der Waals surface area contributed by atoms with Crippen LogP contribution in [0, 0.1) is 0 Å². The average Bonchev–Trinajstić information content (AvgIpc) is 2.73. The molecule has 0 radical (unpaired) electrons. The minimum Gasteiger partial charge on any atom is -0.466 e. The first-order valence-corrected chi connectivity index (χ1v) is 15.0. The lowest BCUT2D eigenvalue weighted by Crippen LogP contribution is -2.18. The Labute approximate surface area is 203 Å². The summed E-state index contributed by atoms with van der Waals surface area (Å²) in [4.78, 5) is 52.2. The van der Waals surface area contributed by atoms with Gasteiger partial charge in [0, 0.05) is 37.2 Å². The maximum absolute atomic E-state index is 10.9. The molecule has 0 amide bonds. The van der Waals surface area contributed by atoms with E-state index in [4.69, 9.17) is 4.84 Å². The van der Waals surface area contributed by atoms with Gasteiger partial charge in [-0.2, -0.15) is 0 Å². The standard InChI is InChI=1S/C9H13NO5.C8H13NO5.I2/c1-13-8(11)5-14-9(12)6-15-10-7-3-2-4-7;1-6(2)9-14-5-8(11)13-4-7(10)12-3;1-2/h2-6H2,1H3;4-5H2,1-3H3;. The third kappa shape index (κ3) is 21.3. The summed E-state index contributed by atoms with van der Waals surface area (Å²) in [7, 11) is 2.42. The van der Waals surface area contributed by atoms with Crippen molar-refractivity contribution in [2.45, 2.75) is 33.1 Å². The number of hydrogen-bond donors (Lipinski definition) is 0. The quantitative estimate of drug-likeness (QED) is 0.111. The zero-order valence-electron chi connectivity index (χ0n) is 17.7. The van der Waals surface area contributed by atoms with Crippen molar-refractivity contribution in [2.75, 3.05) is 40.6 Å². The molecule has 0 bridgehead atoms. The molecule has 0 aliphatic heterocycles. The van der Waals surface area contributed by atoms with Crippen molar-refractivity contribution in [1.29, 1.82) is 0 Å². The molecule has 1 fully saturated rings. The van der Waals surface area contributed by atoms with E-state index in [1.807, 2.05) is 0 Å². The number of rotatable bonds is 10. The highest BCUT2D eigenvalue weighted by atomic mass is 128. The van der Waals surface area contributed by atoms with Crippen LogP contribution in [0.3, 0.4) is 0 Å². The van der Waals surface area contributed by atoms with Gasteiger partial charge in [-0.05, 0) is 33.1 Å². The summed E-state index contributed by atoms with van der Waals surface area (Å²) in [5, 5.41) is 7.23. The minimum absolute atomic E-state index is 0.277. The Bertz CT molecular complexity index is 616. The zero-order chi connectivity index (χ0) is 24.1. The average molecular weight is 672 g/mol. The van der Waals surface area contributed by atoms with Gasteiger partial charge in [-0.1, -0.05) is 10.3 Å². The van der Waals surface area contributed by atoms with Crippen molar-refractivity contribution in [3.05, 3.63) is 0 Å². The molecule has 0 spiro atoms. The van der Waals surface area contributed by atoms with Crippen LogP contribution in [-0.2, 0) is 47.8 Å². The van der Waals surface area contributed by atoms with Crippen LogP contribution in [0.5, 0.6) is 0 Å². The van der Waals surface area contributed by atoms with E-state index in [1.165, 1.54) is 14.2 Å². The first-order chi connectivity index (χ1) is 14.8. The van der Waals surface area contributed by atoms with E-state index >= 15 is 0 Å². The topological polar surface area (TPSA) is 148 Å². The van der Waals surface area contributed by atoms with Gasteiger partial charge >= 0.3 is 23.9 Å². The number of esters is 4. The normalized spacial score (nSPS) is 10.8. The fraction of sp³-hybridized carbons (Fsp3) is 0.647. The molecule has 0 N–H and O–H groups in total. The van der Waals surface area contributed by atoms with Crippen LogP contribution in [0.4, 0.5) is 0 Å². The Kier molecular flexibility index (Phi) is 21.8. The summed E-state index contributed by atoms with van der Waals surface area (Å²) < 4.78 is 17.5. The lowest BCUT2D eigenvalue weighted by Gasteiger charge is -2.12. The second-order valence-electron chi connectivity index (χ2n) is 5.57. The van der Waals surface area contributed by atoms with E-state index < -0.39 is 37.1 Å². The van der Waals surface area contributed by atoms with E-state index in [1.54, 1.807) is 13.8 Å². The molecule has 1 aliphatic carbocycles. The summed E-state index contributed by atoms with van der Waals surface area (Å²) in [5.74, 6) is -2.52. The second kappa shape index (κ2) is 21.5. The molecule has 31 heavy (non-hydrogen) atoms. The van der Waals surface area contributed by atoms with Gasteiger partial charge in [0.2, 0.25) is 13.2 Å². The first-order valence-electron chi connectivity index (χ1n) is 8.68. The fourth-order valence-corrected chi connectivity index (χ4v) is 1.30. The Balaban J connectivity index is 0. The number of nitrogens with zero attached hydrogens (tertiary/aromatic N) is 2. The van der Waals surface area contributed by atoms with Crippen LogP contribution in [0.2, 0.25) is 0 Å². The molecule has 0 aromatic rings. The van der Waals surface area contributed by atoms with E-state index in [2.05, 4.69) is 71.3 Å². The van der Waals surface area contributed by atoms with E-state index in [0.717, 1.165) is 25.0 Å². The first kappa shape index (κ1) is 31.5. The number of carbonyl (C=O) groups is 4. The minimum atomic E-state index is -0.666. The molecule has 0 unspecified atom stereocenters. The predicted molar refractivity (Wildman–Crippen MR) is 126 cm³/mol. The molecule has 0 atom stereocenters. The Hall–Kier alpha value is -1.72. The molecule has 178 valence electrons. The zero-order valence-corrected chi connectivity index (χ0v) is 22.0. The molecule has 1 saturated carbocycles. The van der Waals surface area contributed by atoms with E-state index in [-0.39, 0.29) is 13.2 Å². The number of methoxy groups -OCH3 is 2. The maximum Gasteiger partial charge on any atom is 0.347 e. The molecule has 1 aliphatic rings. The van der Waals surface area contributed by atoms with Crippen molar-refractivity contribution < 1.29 is 47.8 Å². The van der Waals surface area contributed by atoms with Crippen LogP contribution in [0.25, 0.3) is 0 Å². The predicted octanol–water partition coefficient (Wildman–Crippen LogP) is 2.15. The van der Waals surface area contributed by atoms with Crippen LogP contribution in [0.15, 0.2) is 10.3 Å². The summed E-state index contributed by atoms with van der Waals surface area (Å²) >= 11 is 4.24. The highest BCUT2D eigenvalue weighted by molar-refractivity contribution is 15.0. The monoisotopic (exact) mass is 672 g/mol. The van der Waals surface area contributed by atoms with Crippen LogP contribution in [-0.4, -0.2) is 75.9 Å². The molecule has 12 nitrogen and oxygen atoms in total.